The summed E-state index contributed by atoms with van der Waals surface area (Å²) in [5.41, 5.74) is -3.99. The maximum Gasteiger partial charge on any atom is 0.419 e. The second-order valence-electron chi connectivity index (χ2n) is 8.93. The number of aromatic nitrogens is 2. The second-order valence-corrected chi connectivity index (χ2v) is 9.34. The fourth-order valence-electron chi connectivity index (χ4n) is 4.84. The van der Waals surface area contributed by atoms with Crippen LogP contribution in [0.25, 0.3) is 10.8 Å². The fraction of sp³-hybridized carbons (Fsp3) is 0.391. The van der Waals surface area contributed by atoms with Crippen LogP contribution in [0.3, 0.4) is 0 Å². The molecule has 2 atom stereocenters. The van der Waals surface area contributed by atoms with Crippen LogP contribution in [0, 0.1) is 0 Å². The van der Waals surface area contributed by atoms with Crippen molar-refractivity contribution in [3.8, 4) is 5.75 Å². The highest BCUT2D eigenvalue weighted by Crippen LogP contribution is 2.57. The van der Waals surface area contributed by atoms with Gasteiger partial charge in [0.2, 0.25) is 0 Å². The lowest BCUT2D eigenvalue weighted by molar-refractivity contribution is -0.276. The molecule has 4 rings (SSSR count). The lowest BCUT2D eigenvalue weighted by atomic mass is 9.63. The first-order chi connectivity index (χ1) is 15.3. The molecular formula is C23H23ClF3N3O3. The molecule has 33 heavy (non-hydrogen) atoms. The average molecular weight is 482 g/mol. The standard InChI is InChI=1S/C23H23ClF3N3O3/c1-21(2)11-22(32,23(25,26)27)18(14-9-10-15(24)17(33-4)16(14)21)28-19-12-7-5-6-8-13(12)20(31)30(3)29-19/h5-10,18,32H,11H2,1-4H3,(H,28,29). The number of benzene rings is 2. The molecule has 2 aromatic carbocycles. The first-order valence-corrected chi connectivity index (χ1v) is 10.6. The minimum Gasteiger partial charge on any atom is -0.495 e. The Labute approximate surface area is 192 Å². The van der Waals surface area contributed by atoms with Gasteiger partial charge in [0.05, 0.1) is 23.6 Å². The lowest BCUT2D eigenvalue weighted by Gasteiger charge is -2.49. The van der Waals surface area contributed by atoms with Crippen LogP contribution in [-0.4, -0.2) is 33.8 Å². The van der Waals surface area contributed by atoms with Crippen LogP contribution in [0.1, 0.15) is 37.4 Å². The van der Waals surface area contributed by atoms with Crippen molar-refractivity contribution in [2.75, 3.05) is 12.4 Å². The normalized spacial score (nSPS) is 22.2. The van der Waals surface area contributed by atoms with E-state index in [1.54, 1.807) is 38.1 Å². The Balaban J connectivity index is 2.01. The minimum atomic E-state index is -4.97. The van der Waals surface area contributed by atoms with Crippen molar-refractivity contribution in [3.63, 3.8) is 0 Å². The van der Waals surface area contributed by atoms with Crippen LogP contribution in [0.4, 0.5) is 19.0 Å². The molecule has 0 saturated carbocycles. The van der Waals surface area contributed by atoms with Gasteiger partial charge in [-0.2, -0.15) is 18.3 Å². The Morgan fingerprint density at radius 2 is 1.85 bits per heavy atom. The summed E-state index contributed by atoms with van der Waals surface area (Å²) in [7, 11) is 2.81. The summed E-state index contributed by atoms with van der Waals surface area (Å²) in [5.74, 6) is 0.299. The van der Waals surface area contributed by atoms with E-state index in [-0.39, 0.29) is 33.1 Å². The van der Waals surface area contributed by atoms with E-state index in [4.69, 9.17) is 16.3 Å². The van der Waals surface area contributed by atoms with Gasteiger partial charge in [-0.3, -0.25) is 4.79 Å². The van der Waals surface area contributed by atoms with E-state index in [0.717, 1.165) is 4.68 Å². The number of alkyl halides is 3. The molecule has 0 bridgehead atoms. The van der Waals surface area contributed by atoms with Gasteiger partial charge >= 0.3 is 6.18 Å². The van der Waals surface area contributed by atoms with Crippen LogP contribution in [-0.2, 0) is 12.5 Å². The number of hydrogen-bond donors (Lipinski definition) is 2. The van der Waals surface area contributed by atoms with Gasteiger partial charge in [-0.25, -0.2) is 4.68 Å². The van der Waals surface area contributed by atoms with Crippen molar-refractivity contribution in [2.45, 2.75) is 43.5 Å². The Bertz CT molecular complexity index is 1310. The predicted octanol–water partition coefficient (Wildman–Crippen LogP) is 4.72. The molecule has 0 aliphatic heterocycles. The molecule has 3 aromatic rings. The number of anilines is 1. The second kappa shape index (κ2) is 7.63. The Hall–Kier alpha value is -2.78. The quantitative estimate of drug-likeness (QED) is 0.566. The molecular weight excluding hydrogens is 459 g/mol. The van der Waals surface area contributed by atoms with Crippen molar-refractivity contribution in [2.24, 2.45) is 7.05 Å². The van der Waals surface area contributed by atoms with E-state index in [9.17, 15) is 23.1 Å². The number of fused-ring (bicyclic) bond motifs is 2. The molecule has 2 unspecified atom stereocenters. The van der Waals surface area contributed by atoms with E-state index in [1.807, 2.05) is 0 Å². The number of halogens is 4. The molecule has 1 aliphatic rings. The molecule has 10 heteroatoms. The van der Waals surface area contributed by atoms with Crippen molar-refractivity contribution < 1.29 is 23.0 Å². The number of methoxy groups -OCH3 is 1. The number of aryl methyl sites for hydroxylation is 1. The van der Waals surface area contributed by atoms with Crippen LogP contribution < -0.4 is 15.6 Å². The maximum atomic E-state index is 14.4. The summed E-state index contributed by atoms with van der Waals surface area (Å²) in [4.78, 5) is 12.5. The number of aliphatic hydroxyl groups is 1. The molecule has 0 radical (unpaired) electrons. The Morgan fingerprint density at radius 1 is 1.21 bits per heavy atom. The number of nitrogens with zero attached hydrogens (tertiary/aromatic N) is 2. The Kier molecular flexibility index (Phi) is 5.41. The van der Waals surface area contributed by atoms with Gasteiger partial charge in [-0.15, -0.1) is 0 Å². The zero-order chi connectivity index (χ0) is 24.3. The van der Waals surface area contributed by atoms with Gasteiger partial charge in [0.1, 0.15) is 5.75 Å². The summed E-state index contributed by atoms with van der Waals surface area (Å²) in [6.45, 7) is 3.22. The van der Waals surface area contributed by atoms with Gasteiger partial charge in [-0.1, -0.05) is 49.7 Å². The minimum absolute atomic E-state index is 0.0416. The van der Waals surface area contributed by atoms with Crippen LogP contribution in [0.5, 0.6) is 5.75 Å². The SMILES string of the molecule is COc1c(Cl)ccc2c1C(C)(C)CC(O)(C(F)(F)F)C2Nc1nn(C)c(=O)c2ccccc12. The van der Waals surface area contributed by atoms with Gasteiger partial charge in [0.15, 0.2) is 11.4 Å². The molecule has 1 aromatic heterocycles. The fourth-order valence-corrected chi connectivity index (χ4v) is 5.07. The van der Waals surface area contributed by atoms with Crippen molar-refractivity contribution in [1.29, 1.82) is 0 Å². The van der Waals surface area contributed by atoms with Crippen molar-refractivity contribution in [1.82, 2.24) is 9.78 Å². The highest BCUT2D eigenvalue weighted by molar-refractivity contribution is 6.32. The third kappa shape index (κ3) is 3.54. The number of rotatable bonds is 3. The predicted molar refractivity (Wildman–Crippen MR) is 120 cm³/mol. The van der Waals surface area contributed by atoms with Crippen LogP contribution in [0.15, 0.2) is 41.2 Å². The lowest BCUT2D eigenvalue weighted by Crippen LogP contribution is -2.58. The third-order valence-corrected chi connectivity index (χ3v) is 6.55. The zero-order valence-corrected chi connectivity index (χ0v) is 19.2. The highest BCUT2D eigenvalue weighted by atomic mass is 35.5. The molecule has 0 saturated heterocycles. The van der Waals surface area contributed by atoms with Gasteiger partial charge in [0, 0.05) is 18.0 Å². The molecule has 176 valence electrons. The summed E-state index contributed by atoms with van der Waals surface area (Å²) in [6.07, 6.45) is -5.61. The third-order valence-electron chi connectivity index (χ3n) is 6.25. The monoisotopic (exact) mass is 481 g/mol. The molecule has 0 amide bonds. The molecule has 1 aliphatic carbocycles. The maximum absolute atomic E-state index is 14.4. The van der Waals surface area contributed by atoms with Gasteiger partial charge in [0.25, 0.3) is 5.56 Å². The average Bonchev–Trinajstić information content (AvgIpc) is 2.73. The van der Waals surface area contributed by atoms with Gasteiger partial charge < -0.3 is 15.2 Å². The first-order valence-electron chi connectivity index (χ1n) is 10.2. The Morgan fingerprint density at radius 3 is 2.45 bits per heavy atom. The summed E-state index contributed by atoms with van der Waals surface area (Å²) < 4.78 is 49.7. The smallest absolute Gasteiger partial charge is 0.419 e. The summed E-state index contributed by atoms with van der Waals surface area (Å²) in [5, 5.41) is 19.1. The zero-order valence-electron chi connectivity index (χ0n) is 18.4. The number of nitrogens with one attached hydrogen (secondary N) is 1. The molecule has 1 heterocycles. The number of ether oxygens (including phenoxy) is 1. The molecule has 6 nitrogen and oxygen atoms in total. The van der Waals surface area contributed by atoms with E-state index in [0.29, 0.717) is 10.9 Å². The van der Waals surface area contributed by atoms with E-state index in [1.165, 1.54) is 26.3 Å². The topological polar surface area (TPSA) is 76.4 Å². The van der Waals surface area contributed by atoms with Crippen molar-refractivity contribution >= 4 is 28.2 Å². The van der Waals surface area contributed by atoms with Crippen LogP contribution >= 0.6 is 11.6 Å². The number of hydrogen-bond acceptors (Lipinski definition) is 5. The van der Waals surface area contributed by atoms with E-state index < -0.39 is 29.7 Å². The van der Waals surface area contributed by atoms with E-state index >= 15 is 0 Å². The summed E-state index contributed by atoms with van der Waals surface area (Å²) >= 11 is 6.29. The van der Waals surface area contributed by atoms with Crippen molar-refractivity contribution in [3.05, 3.63) is 62.9 Å². The highest BCUT2D eigenvalue weighted by Gasteiger charge is 2.64. The molecule has 2 N–H and O–H groups in total. The summed E-state index contributed by atoms with van der Waals surface area (Å²) in [6, 6.07) is 7.74. The first kappa shape index (κ1) is 23.4. The largest absolute Gasteiger partial charge is 0.495 e. The van der Waals surface area contributed by atoms with Gasteiger partial charge in [-0.05, 0) is 29.5 Å². The molecule has 0 fully saturated rings. The van der Waals surface area contributed by atoms with Crippen LogP contribution in [0.2, 0.25) is 5.02 Å². The van der Waals surface area contributed by atoms with E-state index in [2.05, 4.69) is 10.4 Å². The molecule has 0 spiro atoms.